The Kier molecular flexibility index (Phi) is 6.48. The second-order valence-electron chi connectivity index (χ2n) is 8.48. The molecule has 2 atom stereocenters. The van der Waals surface area contributed by atoms with Crippen molar-refractivity contribution in [1.29, 1.82) is 0 Å². The highest BCUT2D eigenvalue weighted by atomic mass is 35.5. The Labute approximate surface area is 197 Å². The Bertz CT molecular complexity index is 1150. The lowest BCUT2D eigenvalue weighted by Gasteiger charge is -2.23. The Balaban J connectivity index is 1.31. The number of anilines is 2. The maximum absolute atomic E-state index is 14.4. The fourth-order valence-corrected chi connectivity index (χ4v) is 5.00. The minimum absolute atomic E-state index is 0.0433. The maximum atomic E-state index is 14.4. The maximum Gasteiger partial charge on any atom is 0.165 e. The molecule has 0 bridgehead atoms. The van der Waals surface area contributed by atoms with Crippen LogP contribution in [0, 0.1) is 11.7 Å². The van der Waals surface area contributed by atoms with Crippen molar-refractivity contribution in [1.82, 2.24) is 20.2 Å². The Hall–Kier alpha value is -2.68. The van der Waals surface area contributed by atoms with Gasteiger partial charge in [-0.15, -0.1) is 0 Å². The molecule has 174 valence electrons. The van der Waals surface area contributed by atoms with Crippen LogP contribution in [0.3, 0.4) is 0 Å². The van der Waals surface area contributed by atoms with Gasteiger partial charge in [0.2, 0.25) is 0 Å². The van der Waals surface area contributed by atoms with Gasteiger partial charge in [0.05, 0.1) is 29.9 Å². The first-order valence-electron chi connectivity index (χ1n) is 11.3. The molecule has 0 aliphatic carbocycles. The standard InChI is InChI=1S/C24H27ClFN5O2/c1-32-21-11-19-16(24(29-14-28-19)30-18-5-2-4-17(25)23(18)26)10-22(21)33-9-3-7-31-8-6-15-12-27-13-20(15)31/h2,4-5,10-11,14-15,20,27H,3,6-9,12-13H2,1H3,(H,28,29,30). The lowest BCUT2D eigenvalue weighted by Crippen LogP contribution is -2.35. The summed E-state index contributed by atoms with van der Waals surface area (Å²) in [6.07, 6.45) is 3.63. The molecule has 0 radical (unpaired) electrons. The zero-order valence-corrected chi connectivity index (χ0v) is 19.2. The summed E-state index contributed by atoms with van der Waals surface area (Å²) in [5, 5.41) is 7.26. The van der Waals surface area contributed by atoms with Crippen LogP contribution in [0.5, 0.6) is 11.5 Å². The van der Waals surface area contributed by atoms with Gasteiger partial charge >= 0.3 is 0 Å². The smallest absolute Gasteiger partial charge is 0.165 e. The predicted octanol–water partition coefficient (Wildman–Crippen LogP) is 4.24. The van der Waals surface area contributed by atoms with Gasteiger partial charge in [0.1, 0.15) is 12.1 Å². The van der Waals surface area contributed by atoms with E-state index in [9.17, 15) is 4.39 Å². The molecule has 9 heteroatoms. The summed E-state index contributed by atoms with van der Waals surface area (Å²) in [7, 11) is 1.60. The Morgan fingerprint density at radius 2 is 2.15 bits per heavy atom. The van der Waals surface area contributed by atoms with Crippen molar-refractivity contribution in [2.45, 2.75) is 18.9 Å². The van der Waals surface area contributed by atoms with E-state index < -0.39 is 5.82 Å². The highest BCUT2D eigenvalue weighted by Gasteiger charge is 2.36. The van der Waals surface area contributed by atoms with Crippen LogP contribution < -0.4 is 20.1 Å². The molecular formula is C24H27ClFN5O2. The number of nitrogens with zero attached hydrogens (tertiary/aromatic N) is 3. The molecule has 2 aliphatic heterocycles. The quantitative estimate of drug-likeness (QED) is 0.476. The van der Waals surface area contributed by atoms with E-state index in [1.807, 2.05) is 6.07 Å². The third-order valence-electron chi connectivity index (χ3n) is 6.53. The third kappa shape index (κ3) is 4.55. The van der Waals surface area contributed by atoms with Gasteiger partial charge < -0.3 is 20.1 Å². The molecule has 2 fully saturated rings. The molecule has 33 heavy (non-hydrogen) atoms. The van der Waals surface area contributed by atoms with Crippen molar-refractivity contribution >= 4 is 34.0 Å². The minimum atomic E-state index is -0.530. The highest BCUT2D eigenvalue weighted by Crippen LogP contribution is 2.35. The monoisotopic (exact) mass is 471 g/mol. The molecule has 3 heterocycles. The van der Waals surface area contributed by atoms with E-state index in [4.69, 9.17) is 21.1 Å². The van der Waals surface area contributed by atoms with E-state index in [0.717, 1.165) is 32.0 Å². The largest absolute Gasteiger partial charge is 0.493 e. The van der Waals surface area contributed by atoms with E-state index >= 15 is 0 Å². The van der Waals surface area contributed by atoms with Crippen molar-refractivity contribution in [3.8, 4) is 11.5 Å². The molecule has 0 saturated carbocycles. The molecule has 3 aromatic rings. The second-order valence-corrected chi connectivity index (χ2v) is 8.89. The van der Waals surface area contributed by atoms with Crippen molar-refractivity contribution in [3.63, 3.8) is 0 Å². The summed E-state index contributed by atoms with van der Waals surface area (Å²) < 4.78 is 26.1. The molecule has 5 rings (SSSR count). The van der Waals surface area contributed by atoms with Gasteiger partial charge in [-0.25, -0.2) is 14.4 Å². The van der Waals surface area contributed by atoms with Gasteiger partial charge in [0.15, 0.2) is 17.3 Å². The predicted molar refractivity (Wildman–Crippen MR) is 127 cm³/mol. The van der Waals surface area contributed by atoms with Gasteiger partial charge in [0, 0.05) is 30.6 Å². The Morgan fingerprint density at radius 1 is 1.24 bits per heavy atom. The topological polar surface area (TPSA) is 71.5 Å². The summed E-state index contributed by atoms with van der Waals surface area (Å²) in [4.78, 5) is 11.2. The van der Waals surface area contributed by atoms with Crippen LogP contribution in [-0.2, 0) is 0 Å². The molecule has 2 saturated heterocycles. The van der Waals surface area contributed by atoms with Gasteiger partial charge in [-0.1, -0.05) is 17.7 Å². The van der Waals surface area contributed by atoms with Gasteiger partial charge in [0.25, 0.3) is 0 Å². The first kappa shape index (κ1) is 22.1. The molecule has 2 unspecified atom stereocenters. The molecule has 0 amide bonds. The van der Waals surface area contributed by atoms with Crippen LogP contribution in [0.25, 0.3) is 10.9 Å². The fourth-order valence-electron chi connectivity index (χ4n) is 4.83. The Morgan fingerprint density at radius 3 is 3.03 bits per heavy atom. The third-order valence-corrected chi connectivity index (χ3v) is 6.82. The second kappa shape index (κ2) is 9.67. The number of benzene rings is 2. The summed E-state index contributed by atoms with van der Waals surface area (Å²) in [5.74, 6) is 1.93. The summed E-state index contributed by atoms with van der Waals surface area (Å²) >= 11 is 5.92. The number of methoxy groups -OCH3 is 1. The molecule has 7 nitrogen and oxygen atoms in total. The summed E-state index contributed by atoms with van der Waals surface area (Å²) in [6.45, 7) is 4.99. The number of hydrogen-bond donors (Lipinski definition) is 2. The van der Waals surface area contributed by atoms with Crippen molar-refractivity contribution in [3.05, 3.63) is 47.5 Å². The minimum Gasteiger partial charge on any atom is -0.493 e. The van der Waals surface area contributed by atoms with Crippen LogP contribution >= 0.6 is 11.6 Å². The van der Waals surface area contributed by atoms with Crippen molar-refractivity contribution in [2.75, 3.05) is 45.2 Å². The van der Waals surface area contributed by atoms with E-state index in [-0.39, 0.29) is 10.7 Å². The zero-order valence-electron chi connectivity index (χ0n) is 18.5. The van der Waals surface area contributed by atoms with E-state index in [0.29, 0.717) is 40.9 Å². The summed E-state index contributed by atoms with van der Waals surface area (Å²) in [5.41, 5.74) is 0.905. The number of rotatable bonds is 8. The normalized spacial score (nSPS) is 20.2. The van der Waals surface area contributed by atoms with Crippen LogP contribution in [0.1, 0.15) is 12.8 Å². The molecule has 0 spiro atoms. The first-order valence-corrected chi connectivity index (χ1v) is 11.6. The molecule has 2 aromatic carbocycles. The van der Waals surface area contributed by atoms with Crippen molar-refractivity contribution in [2.24, 2.45) is 5.92 Å². The number of nitrogens with one attached hydrogen (secondary N) is 2. The van der Waals surface area contributed by atoms with Crippen molar-refractivity contribution < 1.29 is 13.9 Å². The SMILES string of the molecule is COc1cc2ncnc(Nc3cccc(Cl)c3F)c2cc1OCCCN1CCC2CNCC21. The molecule has 1 aromatic heterocycles. The van der Waals surface area contributed by atoms with Crippen LogP contribution in [0.15, 0.2) is 36.7 Å². The van der Waals surface area contributed by atoms with Crippen LogP contribution in [0.2, 0.25) is 5.02 Å². The lowest BCUT2D eigenvalue weighted by atomic mass is 10.1. The van der Waals surface area contributed by atoms with Gasteiger partial charge in [-0.05, 0) is 50.0 Å². The average molecular weight is 472 g/mol. The average Bonchev–Trinajstić information content (AvgIpc) is 3.44. The first-order chi connectivity index (χ1) is 16.1. The highest BCUT2D eigenvalue weighted by molar-refractivity contribution is 6.31. The molecule has 2 N–H and O–H groups in total. The lowest BCUT2D eigenvalue weighted by molar-refractivity contribution is 0.217. The zero-order chi connectivity index (χ0) is 22.8. The van der Waals surface area contributed by atoms with E-state index in [1.54, 1.807) is 25.3 Å². The molecular weight excluding hydrogens is 445 g/mol. The van der Waals surface area contributed by atoms with Gasteiger partial charge in [-0.2, -0.15) is 0 Å². The van der Waals surface area contributed by atoms with E-state index in [1.165, 1.54) is 25.4 Å². The number of aromatic nitrogens is 2. The number of ether oxygens (including phenoxy) is 2. The number of fused-ring (bicyclic) bond motifs is 2. The molecule has 2 aliphatic rings. The fraction of sp³-hybridized carbons (Fsp3) is 0.417. The van der Waals surface area contributed by atoms with E-state index in [2.05, 4.69) is 25.5 Å². The van der Waals surface area contributed by atoms with Crippen LogP contribution in [0.4, 0.5) is 15.9 Å². The number of halogens is 2. The number of hydrogen-bond acceptors (Lipinski definition) is 7. The van der Waals surface area contributed by atoms with Gasteiger partial charge in [-0.3, -0.25) is 4.90 Å². The van der Waals surface area contributed by atoms with Crippen LogP contribution in [-0.4, -0.2) is 60.8 Å². The summed E-state index contributed by atoms with van der Waals surface area (Å²) in [6, 6.07) is 9.10. The number of likely N-dealkylation sites (tertiary alicyclic amines) is 1.